The first-order valence-electron chi connectivity index (χ1n) is 7.89. The van der Waals surface area contributed by atoms with E-state index in [1.165, 1.54) is 0 Å². The molecule has 6 nitrogen and oxygen atoms in total. The van der Waals surface area contributed by atoms with Gasteiger partial charge in [-0.2, -0.15) is 4.98 Å². The molecule has 7 heteroatoms. The highest BCUT2D eigenvalue weighted by Gasteiger charge is 2.13. The van der Waals surface area contributed by atoms with Gasteiger partial charge in [0.2, 0.25) is 11.1 Å². The van der Waals surface area contributed by atoms with Crippen molar-refractivity contribution in [3.05, 3.63) is 65.7 Å². The monoisotopic (exact) mass is 460 g/mol. The van der Waals surface area contributed by atoms with Crippen molar-refractivity contribution < 1.29 is 37.4 Å². The van der Waals surface area contributed by atoms with E-state index in [4.69, 9.17) is 8.83 Å². The molecule has 0 unspecified atom stereocenters. The number of aromatic nitrogens is 3. The molecule has 1 aliphatic rings. The molecule has 0 aliphatic carbocycles. The van der Waals surface area contributed by atoms with Crippen LogP contribution >= 0.6 is 0 Å². The third-order valence-corrected chi connectivity index (χ3v) is 3.78. The van der Waals surface area contributed by atoms with Gasteiger partial charge < -0.3 is 37.7 Å². The number of aryl methyl sites for hydroxylation is 1. The lowest BCUT2D eigenvalue weighted by Crippen LogP contribution is -3.00. The molecule has 0 spiro atoms. The fourth-order valence-corrected chi connectivity index (χ4v) is 2.55. The molecular weight excluding hydrogens is 443 g/mol. The van der Waals surface area contributed by atoms with Crippen molar-refractivity contribution in [3.63, 3.8) is 0 Å². The number of fused-ring (bicyclic) bond motifs is 2. The van der Waals surface area contributed by atoms with Crippen molar-refractivity contribution in [2.75, 3.05) is 11.9 Å². The highest BCUT2D eigenvalue weighted by atomic mass is 127. The standard InChI is InChI=1S/C19H17N4O2.HI/c1-22-12-6-8-14-18(22)20-16(24-14)10-4-3-5-11-17-21-19-15(25-17)9-7-13-23(19)2;/h3-13H,1-2H3;1H/q+1;/p-1. The topological polar surface area (TPSA) is 59.2 Å². The predicted octanol–water partition coefficient (Wildman–Crippen LogP) is -1.56. The molecule has 4 heterocycles. The fourth-order valence-electron chi connectivity index (χ4n) is 2.55. The molecule has 0 N–H and O–H groups in total. The third kappa shape index (κ3) is 3.62. The van der Waals surface area contributed by atoms with Crippen LogP contribution in [0.4, 0.5) is 5.82 Å². The molecule has 0 bridgehead atoms. The number of hydrogen-bond acceptors (Lipinski definition) is 5. The summed E-state index contributed by atoms with van der Waals surface area (Å²) in [6, 6.07) is 3.83. The van der Waals surface area contributed by atoms with Crippen molar-refractivity contribution in [2.24, 2.45) is 7.05 Å². The van der Waals surface area contributed by atoms with Gasteiger partial charge in [-0.25, -0.2) is 4.57 Å². The van der Waals surface area contributed by atoms with Gasteiger partial charge in [0.1, 0.15) is 0 Å². The first-order valence-corrected chi connectivity index (χ1v) is 7.89. The Kier molecular flexibility index (Phi) is 5.36. The minimum absolute atomic E-state index is 0. The number of nitrogens with zero attached hydrogens (tertiary/aromatic N) is 4. The molecule has 26 heavy (non-hydrogen) atoms. The van der Waals surface area contributed by atoms with Crippen LogP contribution in [0.3, 0.4) is 0 Å². The van der Waals surface area contributed by atoms with Crippen molar-refractivity contribution >= 4 is 35.3 Å². The maximum absolute atomic E-state index is 5.67. The second-order valence-corrected chi connectivity index (χ2v) is 5.63. The normalized spacial score (nSPS) is 14.2. The van der Waals surface area contributed by atoms with Gasteiger partial charge >= 0.3 is 11.5 Å². The van der Waals surface area contributed by atoms with Crippen LogP contribution in [0.25, 0.3) is 29.5 Å². The fraction of sp³-hybridized carbons (Fsp3) is 0.105. The van der Waals surface area contributed by atoms with Crippen LogP contribution in [0, 0.1) is 0 Å². The van der Waals surface area contributed by atoms with Crippen LogP contribution < -0.4 is 44.4 Å². The zero-order chi connectivity index (χ0) is 17.2. The largest absolute Gasteiger partial charge is 1.00 e. The van der Waals surface area contributed by atoms with Crippen molar-refractivity contribution in [3.8, 4) is 0 Å². The number of rotatable bonds is 3. The zero-order valence-corrected chi connectivity index (χ0v) is 16.5. The number of allylic oxidation sites excluding steroid dienone is 4. The molecule has 1 aliphatic heterocycles. The maximum Gasteiger partial charge on any atom is 0.370 e. The second kappa shape index (κ2) is 7.69. The van der Waals surface area contributed by atoms with Crippen molar-refractivity contribution in [1.29, 1.82) is 0 Å². The van der Waals surface area contributed by atoms with E-state index in [9.17, 15) is 0 Å². The summed E-state index contributed by atoms with van der Waals surface area (Å²) >= 11 is 0. The molecule has 0 amide bonds. The van der Waals surface area contributed by atoms with Gasteiger partial charge in [0, 0.05) is 30.4 Å². The van der Waals surface area contributed by atoms with Gasteiger partial charge in [-0.15, -0.1) is 0 Å². The molecule has 132 valence electrons. The Morgan fingerprint density at radius 3 is 2.85 bits per heavy atom. The average molecular weight is 460 g/mol. The van der Waals surface area contributed by atoms with Gasteiger partial charge in [0.15, 0.2) is 11.2 Å². The summed E-state index contributed by atoms with van der Waals surface area (Å²) in [6.07, 6.45) is 16.9. The van der Waals surface area contributed by atoms with E-state index in [0.717, 1.165) is 22.5 Å². The van der Waals surface area contributed by atoms with Crippen LogP contribution in [0.1, 0.15) is 5.89 Å². The number of halogens is 1. The van der Waals surface area contributed by atoms with Gasteiger partial charge in [-0.3, -0.25) is 0 Å². The zero-order valence-electron chi connectivity index (χ0n) is 14.3. The van der Waals surface area contributed by atoms with E-state index in [1.54, 1.807) is 0 Å². The number of hydrogen-bond donors (Lipinski definition) is 0. The van der Waals surface area contributed by atoms with Gasteiger partial charge in [0.05, 0.1) is 13.2 Å². The molecule has 3 aromatic heterocycles. The Bertz CT molecular complexity index is 1140. The van der Waals surface area contributed by atoms with Crippen LogP contribution in [-0.4, -0.2) is 17.0 Å². The van der Waals surface area contributed by atoms with Crippen LogP contribution in [0.15, 0.2) is 57.7 Å². The van der Waals surface area contributed by atoms with Gasteiger partial charge in [-0.1, -0.05) is 18.2 Å². The quantitative estimate of drug-likeness (QED) is 0.269. The Morgan fingerprint density at radius 1 is 1.15 bits per heavy atom. The highest BCUT2D eigenvalue weighted by Crippen LogP contribution is 2.12. The summed E-state index contributed by atoms with van der Waals surface area (Å²) in [4.78, 5) is 10.8. The molecule has 0 saturated carbocycles. The summed E-state index contributed by atoms with van der Waals surface area (Å²) in [6.45, 7) is 0. The summed E-state index contributed by atoms with van der Waals surface area (Å²) in [5.41, 5.74) is 2.91. The molecule has 4 rings (SSSR count). The smallest absolute Gasteiger partial charge is 0.370 e. The van der Waals surface area contributed by atoms with E-state index in [0.29, 0.717) is 11.4 Å². The Labute approximate surface area is 167 Å². The average Bonchev–Trinajstić information content (AvgIpc) is 3.20. The van der Waals surface area contributed by atoms with E-state index in [-0.39, 0.29) is 24.0 Å². The van der Waals surface area contributed by atoms with Crippen LogP contribution in [-0.2, 0) is 7.05 Å². The minimum atomic E-state index is 0. The third-order valence-electron chi connectivity index (χ3n) is 3.78. The lowest BCUT2D eigenvalue weighted by molar-refractivity contribution is -0.646. The number of pyridine rings is 1. The SMILES string of the molecule is CN1C=CC=c2o/c(=C/C=C/C=C/c3nc4c(ccc[n+]4C)o3)nc21.[I-]. The molecule has 0 saturated heterocycles. The van der Waals surface area contributed by atoms with Crippen LogP contribution in [0.5, 0.6) is 0 Å². The van der Waals surface area contributed by atoms with E-state index in [1.807, 2.05) is 90.6 Å². The molecule has 0 fully saturated rings. The van der Waals surface area contributed by atoms with Gasteiger partial charge in [0.25, 0.3) is 0 Å². The molecular formula is C19H17IN4O2. The second-order valence-electron chi connectivity index (χ2n) is 5.63. The van der Waals surface area contributed by atoms with Crippen LogP contribution in [0.2, 0.25) is 0 Å². The summed E-state index contributed by atoms with van der Waals surface area (Å²) < 4.78 is 13.3. The summed E-state index contributed by atoms with van der Waals surface area (Å²) in [5, 5.41) is 0. The summed E-state index contributed by atoms with van der Waals surface area (Å²) in [7, 11) is 3.88. The molecule has 0 atom stereocenters. The Hall–Kier alpha value is -2.68. The molecule has 0 radical (unpaired) electrons. The predicted molar refractivity (Wildman–Crippen MR) is 95.6 cm³/mol. The summed E-state index contributed by atoms with van der Waals surface area (Å²) in [5.74, 6) is 1.38. The lowest BCUT2D eigenvalue weighted by Gasteiger charge is -2.10. The Morgan fingerprint density at radius 2 is 2.04 bits per heavy atom. The van der Waals surface area contributed by atoms with Crippen molar-refractivity contribution in [2.45, 2.75) is 0 Å². The minimum Gasteiger partial charge on any atom is -1.00 e. The van der Waals surface area contributed by atoms with E-state index in [2.05, 4.69) is 9.97 Å². The Balaban J connectivity index is 0.00000196. The van der Waals surface area contributed by atoms with Gasteiger partial charge in [-0.05, 0) is 24.3 Å². The maximum atomic E-state index is 5.67. The number of oxazole rings is 2. The number of anilines is 1. The molecule has 0 aromatic carbocycles. The lowest BCUT2D eigenvalue weighted by atomic mass is 10.4. The van der Waals surface area contributed by atoms with E-state index < -0.39 is 0 Å². The first kappa shape index (κ1) is 18.1. The first-order chi connectivity index (χ1) is 12.2. The highest BCUT2D eigenvalue weighted by molar-refractivity contribution is 5.66. The van der Waals surface area contributed by atoms with Crippen molar-refractivity contribution in [1.82, 2.24) is 9.97 Å². The molecule has 3 aromatic rings. The van der Waals surface area contributed by atoms with E-state index >= 15 is 0 Å².